The smallest absolute Gasteiger partial charge is 0.276 e. The molecule has 11 heteroatoms. The summed E-state index contributed by atoms with van der Waals surface area (Å²) in [6, 6.07) is 11.3. The van der Waals surface area contributed by atoms with E-state index in [1.165, 1.54) is 10.4 Å². The SMILES string of the molecule is Cc1cc(C)n2nc(C(=O)Nc3ccc(C)c(F)c3)c(-c3ccc(C)c(S(=O)(=O)N4CCOCC4)c3)c2n1. The lowest BCUT2D eigenvalue weighted by atomic mass is 10.0. The summed E-state index contributed by atoms with van der Waals surface area (Å²) in [6.07, 6.45) is 0. The number of amides is 1. The molecule has 5 rings (SSSR count). The van der Waals surface area contributed by atoms with Crippen LogP contribution < -0.4 is 5.32 Å². The van der Waals surface area contributed by atoms with Gasteiger partial charge in [0.05, 0.1) is 23.7 Å². The number of carbonyl (C=O) groups excluding carboxylic acids is 1. The van der Waals surface area contributed by atoms with E-state index in [1.807, 2.05) is 19.9 Å². The number of anilines is 1. The second kappa shape index (κ2) is 9.90. The second-order valence-electron chi connectivity index (χ2n) is 9.41. The topological polar surface area (TPSA) is 106 Å². The molecule has 3 heterocycles. The van der Waals surface area contributed by atoms with E-state index >= 15 is 0 Å². The maximum atomic E-state index is 14.1. The first-order valence-electron chi connectivity index (χ1n) is 12.2. The highest BCUT2D eigenvalue weighted by atomic mass is 32.2. The summed E-state index contributed by atoms with van der Waals surface area (Å²) in [4.78, 5) is 18.3. The van der Waals surface area contributed by atoms with Crippen LogP contribution in [0.25, 0.3) is 16.8 Å². The predicted molar refractivity (Wildman–Crippen MR) is 141 cm³/mol. The molecule has 4 aromatic rings. The van der Waals surface area contributed by atoms with Gasteiger partial charge in [0.15, 0.2) is 11.3 Å². The molecule has 1 N–H and O–H groups in total. The first-order chi connectivity index (χ1) is 18.1. The zero-order chi connectivity index (χ0) is 27.2. The fourth-order valence-corrected chi connectivity index (χ4v) is 6.23. The Morgan fingerprint density at radius 3 is 2.42 bits per heavy atom. The van der Waals surface area contributed by atoms with Gasteiger partial charge in [-0.2, -0.15) is 9.40 Å². The minimum Gasteiger partial charge on any atom is -0.379 e. The minimum absolute atomic E-state index is 0.0470. The van der Waals surface area contributed by atoms with Crippen LogP contribution in [0, 0.1) is 33.5 Å². The molecule has 2 aromatic heterocycles. The number of aromatic nitrogens is 3. The van der Waals surface area contributed by atoms with Crippen LogP contribution in [-0.4, -0.2) is 59.5 Å². The van der Waals surface area contributed by atoms with Crippen LogP contribution >= 0.6 is 0 Å². The molecule has 0 atom stereocenters. The van der Waals surface area contributed by atoms with Gasteiger partial charge in [0.1, 0.15) is 5.82 Å². The number of hydrogen-bond acceptors (Lipinski definition) is 6. The van der Waals surface area contributed by atoms with Crippen LogP contribution in [0.5, 0.6) is 0 Å². The summed E-state index contributed by atoms with van der Waals surface area (Å²) >= 11 is 0. The number of hydrogen-bond donors (Lipinski definition) is 1. The number of halogens is 1. The van der Waals surface area contributed by atoms with E-state index in [4.69, 9.17) is 4.74 Å². The van der Waals surface area contributed by atoms with E-state index in [2.05, 4.69) is 15.4 Å². The van der Waals surface area contributed by atoms with Crippen LogP contribution in [0.1, 0.15) is 33.0 Å². The van der Waals surface area contributed by atoms with Crippen molar-refractivity contribution in [3.63, 3.8) is 0 Å². The molecule has 0 saturated carbocycles. The molecule has 38 heavy (non-hydrogen) atoms. The number of sulfonamides is 1. The Labute approximate surface area is 220 Å². The van der Waals surface area contributed by atoms with Gasteiger partial charge in [0.2, 0.25) is 10.0 Å². The third kappa shape index (κ3) is 4.68. The van der Waals surface area contributed by atoms with E-state index in [0.717, 1.165) is 11.4 Å². The number of rotatable bonds is 5. The van der Waals surface area contributed by atoms with Gasteiger partial charge >= 0.3 is 0 Å². The normalized spacial score (nSPS) is 14.7. The van der Waals surface area contributed by atoms with Gasteiger partial charge in [-0.15, -0.1) is 0 Å². The number of ether oxygens (including phenoxy) is 1. The second-order valence-corrected chi connectivity index (χ2v) is 11.3. The molecule has 0 aliphatic carbocycles. The van der Waals surface area contributed by atoms with Crippen molar-refractivity contribution in [2.75, 3.05) is 31.6 Å². The van der Waals surface area contributed by atoms with Gasteiger partial charge in [-0.05, 0) is 68.7 Å². The first kappa shape index (κ1) is 26.0. The minimum atomic E-state index is -3.80. The monoisotopic (exact) mass is 537 g/mol. The number of carbonyl (C=O) groups is 1. The summed E-state index contributed by atoms with van der Waals surface area (Å²) < 4.78 is 49.5. The molecule has 1 saturated heterocycles. The number of fused-ring (bicyclic) bond motifs is 1. The zero-order valence-corrected chi connectivity index (χ0v) is 22.4. The first-order valence-corrected chi connectivity index (χ1v) is 13.6. The highest BCUT2D eigenvalue weighted by Gasteiger charge is 2.30. The molecular formula is C27H28FN5O4S. The summed E-state index contributed by atoms with van der Waals surface area (Å²) in [7, 11) is -3.80. The summed E-state index contributed by atoms with van der Waals surface area (Å²) in [5.74, 6) is -1.01. The molecule has 0 bridgehead atoms. The number of benzene rings is 2. The molecule has 2 aromatic carbocycles. The molecule has 1 aliphatic heterocycles. The maximum Gasteiger partial charge on any atom is 0.276 e. The third-order valence-corrected chi connectivity index (χ3v) is 8.65. The van der Waals surface area contributed by atoms with Crippen molar-refractivity contribution < 1.29 is 22.3 Å². The summed E-state index contributed by atoms with van der Waals surface area (Å²) in [6.45, 7) is 8.25. The number of morpholine rings is 1. The Morgan fingerprint density at radius 1 is 1.00 bits per heavy atom. The summed E-state index contributed by atoms with van der Waals surface area (Å²) in [5, 5.41) is 7.26. The Hall–Kier alpha value is -3.67. The van der Waals surface area contributed by atoms with Crippen molar-refractivity contribution >= 4 is 27.3 Å². The van der Waals surface area contributed by atoms with Gasteiger partial charge in [-0.25, -0.2) is 22.3 Å². The molecule has 198 valence electrons. The quantitative estimate of drug-likeness (QED) is 0.412. The van der Waals surface area contributed by atoms with E-state index in [9.17, 15) is 17.6 Å². The third-order valence-electron chi connectivity index (χ3n) is 6.60. The van der Waals surface area contributed by atoms with Crippen molar-refractivity contribution in [3.05, 3.63) is 76.5 Å². The van der Waals surface area contributed by atoms with Crippen molar-refractivity contribution in [3.8, 4) is 11.1 Å². The standard InChI is InChI=1S/C27H28FN5O4S/c1-16-6-8-21(15-22(16)28)30-27(34)25-24(26-29-18(3)13-19(4)33(26)31-25)20-7-5-17(2)23(14-20)38(35,36)32-9-11-37-12-10-32/h5-8,13-15H,9-12H2,1-4H3,(H,30,34). The maximum absolute atomic E-state index is 14.1. The van der Waals surface area contributed by atoms with Gasteiger partial charge in [0, 0.05) is 30.2 Å². The fraction of sp³-hybridized carbons (Fsp3) is 0.296. The van der Waals surface area contributed by atoms with E-state index < -0.39 is 21.7 Å². The molecule has 1 amide bonds. The predicted octanol–water partition coefficient (Wildman–Crippen LogP) is 4.04. The van der Waals surface area contributed by atoms with E-state index in [0.29, 0.717) is 41.1 Å². The lowest BCUT2D eigenvalue weighted by Gasteiger charge is -2.26. The molecular weight excluding hydrogens is 509 g/mol. The molecule has 0 radical (unpaired) electrons. The highest BCUT2D eigenvalue weighted by Crippen LogP contribution is 2.33. The van der Waals surface area contributed by atoms with Crippen LogP contribution in [0.2, 0.25) is 0 Å². The highest BCUT2D eigenvalue weighted by molar-refractivity contribution is 7.89. The Balaban J connectivity index is 1.66. The molecule has 0 unspecified atom stereocenters. The van der Waals surface area contributed by atoms with Gasteiger partial charge in [-0.1, -0.05) is 18.2 Å². The lowest BCUT2D eigenvalue weighted by molar-refractivity contribution is 0.0730. The van der Waals surface area contributed by atoms with Crippen LogP contribution in [0.15, 0.2) is 47.4 Å². The molecule has 1 fully saturated rings. The zero-order valence-electron chi connectivity index (χ0n) is 21.6. The number of aryl methyl sites for hydroxylation is 4. The van der Waals surface area contributed by atoms with Crippen LogP contribution in [0.3, 0.4) is 0 Å². The van der Waals surface area contributed by atoms with Crippen LogP contribution in [0.4, 0.5) is 10.1 Å². The average Bonchev–Trinajstić information content (AvgIpc) is 3.27. The number of nitrogens with zero attached hydrogens (tertiary/aromatic N) is 4. The van der Waals surface area contributed by atoms with E-state index in [1.54, 1.807) is 48.7 Å². The lowest BCUT2D eigenvalue weighted by Crippen LogP contribution is -2.40. The number of nitrogens with one attached hydrogen (secondary N) is 1. The molecule has 1 aliphatic rings. The Kier molecular flexibility index (Phi) is 6.76. The van der Waals surface area contributed by atoms with Crippen LogP contribution in [-0.2, 0) is 14.8 Å². The molecule has 0 spiro atoms. The van der Waals surface area contributed by atoms with Crippen molar-refractivity contribution in [2.24, 2.45) is 0 Å². The van der Waals surface area contributed by atoms with Gasteiger partial charge < -0.3 is 10.1 Å². The average molecular weight is 538 g/mol. The Bertz CT molecular complexity index is 1680. The van der Waals surface area contributed by atoms with Crippen molar-refractivity contribution in [1.82, 2.24) is 18.9 Å². The van der Waals surface area contributed by atoms with Crippen molar-refractivity contribution in [1.29, 1.82) is 0 Å². The summed E-state index contributed by atoms with van der Waals surface area (Å²) in [5.41, 5.74) is 4.13. The van der Waals surface area contributed by atoms with Gasteiger partial charge in [0.25, 0.3) is 5.91 Å². The van der Waals surface area contributed by atoms with E-state index in [-0.39, 0.29) is 29.4 Å². The molecule has 9 nitrogen and oxygen atoms in total. The van der Waals surface area contributed by atoms with Gasteiger partial charge in [-0.3, -0.25) is 4.79 Å². The largest absolute Gasteiger partial charge is 0.379 e. The fourth-order valence-electron chi connectivity index (χ4n) is 4.57. The Morgan fingerprint density at radius 2 is 1.71 bits per heavy atom. The van der Waals surface area contributed by atoms with Crippen molar-refractivity contribution in [2.45, 2.75) is 32.6 Å².